The fraction of sp³-hybridized carbons (Fsp3) is 0.231. The summed E-state index contributed by atoms with van der Waals surface area (Å²) in [5, 5.41) is 5.90. The normalized spacial score (nSPS) is 9.94. The second-order valence-electron chi connectivity index (χ2n) is 3.67. The van der Waals surface area contributed by atoms with Gasteiger partial charge in [-0.2, -0.15) is 0 Å². The minimum atomic E-state index is 0.445. The molecule has 2 aromatic carbocycles. The van der Waals surface area contributed by atoms with Crippen LogP contribution in [0, 0.1) is 0 Å². The smallest absolute Gasteiger partial charge is 0.122 e. The topological polar surface area (TPSA) is 58.0 Å². The molecule has 4 nitrogen and oxygen atoms in total. The Morgan fingerprint density at radius 2 is 2.06 bits per heavy atom. The summed E-state index contributed by atoms with van der Waals surface area (Å²) in [4.78, 5) is 2.77. The summed E-state index contributed by atoms with van der Waals surface area (Å²) in [6.07, 6.45) is 0.689. The van der Waals surface area contributed by atoms with E-state index in [-0.39, 0.29) is 0 Å². The fourth-order valence-electron chi connectivity index (χ4n) is 1.97. The number of hydrogen-bond donors (Lipinski definition) is 0. The first kappa shape index (κ1) is 11.3. The van der Waals surface area contributed by atoms with Crippen LogP contribution in [-0.4, -0.2) is 13.7 Å². The lowest BCUT2D eigenvalue weighted by molar-refractivity contribution is 0.410. The van der Waals surface area contributed by atoms with Gasteiger partial charge in [0, 0.05) is 17.0 Å². The monoisotopic (exact) mass is 227 g/mol. The third kappa shape index (κ3) is 2.32. The van der Waals surface area contributed by atoms with Gasteiger partial charge in [-0.25, -0.2) is 0 Å². The summed E-state index contributed by atoms with van der Waals surface area (Å²) in [5.74, 6) is 0.844. The van der Waals surface area contributed by atoms with Gasteiger partial charge in [0.25, 0.3) is 0 Å². The summed E-state index contributed by atoms with van der Waals surface area (Å²) in [6, 6.07) is 12.1. The molecule has 0 aliphatic carbocycles. The van der Waals surface area contributed by atoms with Crippen LogP contribution in [-0.2, 0) is 6.42 Å². The maximum Gasteiger partial charge on any atom is 0.122 e. The first-order valence-corrected chi connectivity index (χ1v) is 5.42. The maximum atomic E-state index is 8.31. The van der Waals surface area contributed by atoms with E-state index in [1.54, 1.807) is 7.11 Å². The van der Waals surface area contributed by atoms with Crippen LogP contribution < -0.4 is 4.74 Å². The van der Waals surface area contributed by atoms with Gasteiger partial charge in [0.1, 0.15) is 5.75 Å². The fourth-order valence-corrected chi connectivity index (χ4v) is 1.97. The first-order valence-electron chi connectivity index (χ1n) is 5.42. The second-order valence-corrected chi connectivity index (χ2v) is 3.67. The molecule has 0 aliphatic heterocycles. The summed E-state index contributed by atoms with van der Waals surface area (Å²) in [5.41, 5.74) is 9.41. The highest BCUT2D eigenvalue weighted by molar-refractivity contribution is 5.87. The Hall–Kier alpha value is -2.19. The number of fused-ring (bicyclic) bond motifs is 1. The molecule has 2 rings (SSSR count). The highest BCUT2D eigenvalue weighted by Crippen LogP contribution is 2.28. The summed E-state index contributed by atoms with van der Waals surface area (Å²) in [6.45, 7) is 0.445. The zero-order chi connectivity index (χ0) is 12.1. The lowest BCUT2D eigenvalue weighted by Gasteiger charge is -2.10. The SMILES string of the molecule is COc1ccc2ccccc2c1CCN=[N+]=[N-]. The van der Waals surface area contributed by atoms with E-state index in [2.05, 4.69) is 22.2 Å². The summed E-state index contributed by atoms with van der Waals surface area (Å²) < 4.78 is 5.35. The van der Waals surface area contributed by atoms with E-state index >= 15 is 0 Å². The van der Waals surface area contributed by atoms with Gasteiger partial charge in [0.05, 0.1) is 7.11 Å². The Morgan fingerprint density at radius 3 is 2.82 bits per heavy atom. The maximum absolute atomic E-state index is 8.31. The quantitative estimate of drug-likeness (QED) is 0.446. The lowest BCUT2D eigenvalue weighted by Crippen LogP contribution is -1.96. The molecule has 0 fully saturated rings. The van der Waals surface area contributed by atoms with Crippen LogP contribution in [0.4, 0.5) is 0 Å². The highest BCUT2D eigenvalue weighted by Gasteiger charge is 2.06. The van der Waals surface area contributed by atoms with Crippen LogP contribution in [0.5, 0.6) is 5.75 Å². The number of benzene rings is 2. The van der Waals surface area contributed by atoms with Gasteiger partial charge in [0.2, 0.25) is 0 Å². The zero-order valence-electron chi connectivity index (χ0n) is 9.63. The minimum absolute atomic E-state index is 0.445. The molecule has 0 aliphatic rings. The molecule has 0 unspecified atom stereocenters. The second kappa shape index (κ2) is 5.23. The van der Waals surface area contributed by atoms with Crippen LogP contribution >= 0.6 is 0 Å². The molecule has 0 N–H and O–H groups in total. The van der Waals surface area contributed by atoms with Gasteiger partial charge in [-0.05, 0) is 28.8 Å². The molecular formula is C13H13N3O. The van der Waals surface area contributed by atoms with Crippen molar-refractivity contribution in [3.63, 3.8) is 0 Å². The molecule has 0 saturated carbocycles. The number of nitrogens with zero attached hydrogens (tertiary/aromatic N) is 3. The molecule has 0 atom stereocenters. The Kier molecular flexibility index (Phi) is 3.48. The van der Waals surface area contributed by atoms with Crippen molar-refractivity contribution in [2.45, 2.75) is 6.42 Å². The summed E-state index contributed by atoms with van der Waals surface area (Å²) >= 11 is 0. The molecule has 2 aromatic rings. The molecule has 0 aromatic heterocycles. The lowest BCUT2D eigenvalue weighted by atomic mass is 10.0. The van der Waals surface area contributed by atoms with Gasteiger partial charge >= 0.3 is 0 Å². The van der Waals surface area contributed by atoms with E-state index in [1.807, 2.05) is 24.3 Å². The number of hydrogen-bond acceptors (Lipinski definition) is 2. The Morgan fingerprint density at radius 1 is 1.24 bits per heavy atom. The van der Waals surface area contributed by atoms with Gasteiger partial charge in [-0.3, -0.25) is 0 Å². The van der Waals surface area contributed by atoms with Crippen LogP contribution in [0.15, 0.2) is 41.5 Å². The van der Waals surface area contributed by atoms with Gasteiger partial charge in [-0.1, -0.05) is 35.4 Å². The minimum Gasteiger partial charge on any atom is -0.496 e. The average molecular weight is 227 g/mol. The van der Waals surface area contributed by atoms with Crippen molar-refractivity contribution in [2.24, 2.45) is 5.11 Å². The van der Waals surface area contributed by atoms with E-state index in [9.17, 15) is 0 Å². The highest BCUT2D eigenvalue weighted by atomic mass is 16.5. The van der Waals surface area contributed by atoms with E-state index in [1.165, 1.54) is 5.39 Å². The van der Waals surface area contributed by atoms with Gasteiger partial charge < -0.3 is 4.74 Å². The Labute approximate surface area is 99.5 Å². The molecule has 0 bridgehead atoms. The van der Waals surface area contributed by atoms with Crippen molar-refractivity contribution >= 4 is 10.8 Å². The van der Waals surface area contributed by atoms with Crippen molar-refractivity contribution in [3.8, 4) is 5.75 Å². The molecule has 17 heavy (non-hydrogen) atoms. The van der Waals surface area contributed by atoms with Crippen LogP contribution in [0.25, 0.3) is 21.2 Å². The third-order valence-corrected chi connectivity index (χ3v) is 2.74. The van der Waals surface area contributed by atoms with Gasteiger partial charge in [0.15, 0.2) is 0 Å². The molecule has 86 valence electrons. The number of rotatable bonds is 4. The first-order chi connectivity index (χ1) is 8.36. The number of methoxy groups -OCH3 is 1. The zero-order valence-corrected chi connectivity index (χ0v) is 9.63. The standard InChI is InChI=1S/C13H13N3O/c1-17-13-7-6-10-4-2-3-5-11(10)12(13)8-9-15-16-14/h2-7H,8-9H2,1H3. The molecular weight excluding hydrogens is 214 g/mol. The molecule has 0 radical (unpaired) electrons. The predicted octanol–water partition coefficient (Wildman–Crippen LogP) is 3.70. The van der Waals surface area contributed by atoms with Crippen molar-refractivity contribution in [3.05, 3.63) is 52.4 Å². The third-order valence-electron chi connectivity index (χ3n) is 2.74. The van der Waals surface area contributed by atoms with Crippen molar-refractivity contribution in [2.75, 3.05) is 13.7 Å². The van der Waals surface area contributed by atoms with Crippen molar-refractivity contribution < 1.29 is 4.74 Å². The molecule has 4 heteroatoms. The van der Waals surface area contributed by atoms with Crippen molar-refractivity contribution in [1.82, 2.24) is 0 Å². The van der Waals surface area contributed by atoms with E-state index in [0.29, 0.717) is 13.0 Å². The van der Waals surface area contributed by atoms with E-state index < -0.39 is 0 Å². The molecule has 0 saturated heterocycles. The van der Waals surface area contributed by atoms with Crippen LogP contribution in [0.1, 0.15) is 5.56 Å². The summed E-state index contributed by atoms with van der Waals surface area (Å²) in [7, 11) is 1.65. The molecule has 0 heterocycles. The van der Waals surface area contributed by atoms with E-state index in [0.717, 1.165) is 16.7 Å². The number of ether oxygens (including phenoxy) is 1. The molecule has 0 amide bonds. The number of azide groups is 1. The molecule has 0 spiro atoms. The van der Waals surface area contributed by atoms with Crippen LogP contribution in [0.3, 0.4) is 0 Å². The largest absolute Gasteiger partial charge is 0.496 e. The van der Waals surface area contributed by atoms with Gasteiger partial charge in [-0.15, -0.1) is 0 Å². The average Bonchev–Trinajstić information content (AvgIpc) is 2.39. The van der Waals surface area contributed by atoms with Crippen molar-refractivity contribution in [1.29, 1.82) is 0 Å². The van der Waals surface area contributed by atoms with E-state index in [4.69, 9.17) is 10.3 Å². The van der Waals surface area contributed by atoms with Crippen LogP contribution in [0.2, 0.25) is 0 Å². The predicted molar refractivity (Wildman–Crippen MR) is 68.2 cm³/mol. The Bertz CT molecular complexity index is 574. The Balaban J connectivity index is 2.50.